The first-order valence-corrected chi connectivity index (χ1v) is 12.7. The highest BCUT2D eigenvalue weighted by Crippen LogP contribution is 2.22. The van der Waals surface area contributed by atoms with Crippen LogP contribution in [0.25, 0.3) is 0 Å². The second-order valence-electron chi connectivity index (χ2n) is 8.41. The number of ether oxygens (including phenoxy) is 1. The number of hydrogen-bond acceptors (Lipinski definition) is 4. The highest BCUT2D eigenvalue weighted by molar-refractivity contribution is 7.89. The van der Waals surface area contributed by atoms with Crippen LogP contribution in [-0.2, 0) is 21.2 Å². The molecule has 6 nitrogen and oxygen atoms in total. The molecule has 0 bridgehead atoms. The lowest BCUT2D eigenvalue weighted by Crippen LogP contribution is -2.42. The first kappa shape index (κ1) is 25.5. The summed E-state index contributed by atoms with van der Waals surface area (Å²) in [5.41, 5.74) is 3.42. The minimum absolute atomic E-state index is 0.198. The van der Waals surface area contributed by atoms with Crippen molar-refractivity contribution in [3.8, 4) is 5.75 Å². The number of hydrogen-bond donors (Lipinski definition) is 1. The monoisotopic (exact) mass is 480 g/mol. The van der Waals surface area contributed by atoms with Gasteiger partial charge < -0.3 is 10.1 Å². The molecule has 180 valence electrons. The molecule has 3 aromatic rings. The van der Waals surface area contributed by atoms with Crippen LogP contribution in [-0.4, -0.2) is 38.8 Å². The molecule has 1 atom stereocenters. The molecule has 3 aromatic carbocycles. The first-order chi connectivity index (χ1) is 16.2. The molecule has 0 spiro atoms. The van der Waals surface area contributed by atoms with Crippen LogP contribution < -0.4 is 10.1 Å². The largest absolute Gasteiger partial charge is 0.497 e. The molecule has 1 unspecified atom stereocenters. The maximum absolute atomic E-state index is 13.6. The van der Waals surface area contributed by atoms with E-state index in [1.165, 1.54) is 4.31 Å². The van der Waals surface area contributed by atoms with E-state index >= 15 is 0 Å². The van der Waals surface area contributed by atoms with Gasteiger partial charge in [0.1, 0.15) is 5.75 Å². The van der Waals surface area contributed by atoms with E-state index in [4.69, 9.17) is 4.74 Å². The summed E-state index contributed by atoms with van der Waals surface area (Å²) in [6.07, 6.45) is 0.506. The average molecular weight is 481 g/mol. The number of nitrogens with zero attached hydrogens (tertiary/aromatic N) is 1. The molecule has 1 amide bonds. The van der Waals surface area contributed by atoms with Gasteiger partial charge in [-0.3, -0.25) is 4.79 Å². The van der Waals surface area contributed by atoms with E-state index in [1.54, 1.807) is 26.2 Å². The zero-order valence-corrected chi connectivity index (χ0v) is 20.9. The van der Waals surface area contributed by atoms with Gasteiger partial charge in [0.25, 0.3) is 0 Å². The lowest BCUT2D eigenvalue weighted by molar-refractivity contribution is -0.121. The highest BCUT2D eigenvalue weighted by atomic mass is 32.2. The maximum atomic E-state index is 13.6. The van der Waals surface area contributed by atoms with Crippen LogP contribution in [0.15, 0.2) is 77.7 Å². The summed E-state index contributed by atoms with van der Waals surface area (Å²) in [5, 5.41) is 2.93. The molecule has 0 heterocycles. The third-order valence-electron chi connectivity index (χ3n) is 5.77. The van der Waals surface area contributed by atoms with Gasteiger partial charge in [-0.25, -0.2) is 8.42 Å². The standard InChI is InChI=1S/C27H32N2O4S/c1-20-10-11-21(2)26(18-20)34(31,32)29(17-16-23-8-6-5-7-9-23)19-27(30)28-22(3)24-12-14-25(33-4)15-13-24/h5-15,18,22H,16-17,19H2,1-4H3,(H,28,30). The summed E-state index contributed by atoms with van der Waals surface area (Å²) in [7, 11) is -2.28. The zero-order chi connectivity index (χ0) is 24.7. The van der Waals surface area contributed by atoms with Crippen LogP contribution >= 0.6 is 0 Å². The van der Waals surface area contributed by atoms with Crippen LogP contribution in [0, 0.1) is 13.8 Å². The minimum Gasteiger partial charge on any atom is -0.497 e. The predicted octanol–water partition coefficient (Wildman–Crippen LogP) is 4.42. The summed E-state index contributed by atoms with van der Waals surface area (Å²) in [6, 6.07) is 22.1. The number of nitrogens with one attached hydrogen (secondary N) is 1. The summed E-state index contributed by atoms with van der Waals surface area (Å²) in [4.78, 5) is 13.2. The van der Waals surface area contributed by atoms with E-state index in [2.05, 4.69) is 5.32 Å². The first-order valence-electron chi connectivity index (χ1n) is 11.3. The van der Waals surface area contributed by atoms with Gasteiger partial charge >= 0.3 is 0 Å². The van der Waals surface area contributed by atoms with E-state index < -0.39 is 10.0 Å². The van der Waals surface area contributed by atoms with Crippen molar-refractivity contribution in [1.82, 2.24) is 9.62 Å². The Balaban J connectivity index is 1.80. The Hall–Kier alpha value is -3.16. The van der Waals surface area contributed by atoms with Gasteiger partial charge in [0.2, 0.25) is 15.9 Å². The number of sulfonamides is 1. The Morgan fingerprint density at radius 2 is 1.68 bits per heavy atom. The average Bonchev–Trinajstić information content (AvgIpc) is 2.83. The Morgan fingerprint density at radius 1 is 1.00 bits per heavy atom. The quantitative estimate of drug-likeness (QED) is 0.466. The summed E-state index contributed by atoms with van der Waals surface area (Å²) >= 11 is 0. The molecule has 7 heteroatoms. The van der Waals surface area contributed by atoms with Gasteiger partial charge in [-0.15, -0.1) is 0 Å². The lowest BCUT2D eigenvalue weighted by atomic mass is 10.1. The number of carbonyl (C=O) groups excluding carboxylic acids is 1. The van der Waals surface area contributed by atoms with Gasteiger partial charge in [-0.2, -0.15) is 4.31 Å². The lowest BCUT2D eigenvalue weighted by Gasteiger charge is -2.24. The van der Waals surface area contributed by atoms with Crippen LogP contribution in [0.3, 0.4) is 0 Å². The number of aryl methyl sites for hydroxylation is 2. The fourth-order valence-electron chi connectivity index (χ4n) is 3.73. The highest BCUT2D eigenvalue weighted by Gasteiger charge is 2.28. The number of methoxy groups -OCH3 is 1. The summed E-state index contributed by atoms with van der Waals surface area (Å²) in [6.45, 7) is 5.43. The second-order valence-corrected chi connectivity index (χ2v) is 10.3. The number of rotatable bonds is 10. The molecule has 34 heavy (non-hydrogen) atoms. The van der Waals surface area contributed by atoms with Crippen molar-refractivity contribution in [2.45, 2.75) is 38.1 Å². The van der Waals surface area contributed by atoms with Crippen LogP contribution in [0.4, 0.5) is 0 Å². The van der Waals surface area contributed by atoms with Crippen LogP contribution in [0.2, 0.25) is 0 Å². The van der Waals surface area contributed by atoms with E-state index in [-0.39, 0.29) is 29.9 Å². The molecular weight excluding hydrogens is 448 g/mol. The van der Waals surface area contributed by atoms with E-state index in [0.717, 1.165) is 22.4 Å². The van der Waals surface area contributed by atoms with Gasteiger partial charge in [-0.1, -0.05) is 54.6 Å². The maximum Gasteiger partial charge on any atom is 0.243 e. The zero-order valence-electron chi connectivity index (χ0n) is 20.1. The Labute approximate surface area is 202 Å². The molecular formula is C27H32N2O4S. The molecule has 0 fully saturated rings. The van der Waals surface area contributed by atoms with Crippen molar-refractivity contribution < 1.29 is 17.9 Å². The van der Waals surface area contributed by atoms with E-state index in [0.29, 0.717) is 12.0 Å². The van der Waals surface area contributed by atoms with Crippen molar-refractivity contribution in [2.24, 2.45) is 0 Å². The van der Waals surface area contributed by atoms with Crippen molar-refractivity contribution >= 4 is 15.9 Å². The molecule has 0 aliphatic heterocycles. The number of amides is 1. The molecule has 0 aliphatic rings. The van der Waals surface area contributed by atoms with Crippen molar-refractivity contribution in [2.75, 3.05) is 20.2 Å². The van der Waals surface area contributed by atoms with Crippen molar-refractivity contribution in [3.05, 3.63) is 95.1 Å². The summed E-state index contributed by atoms with van der Waals surface area (Å²) < 4.78 is 33.7. The molecule has 0 aliphatic carbocycles. The fourth-order valence-corrected chi connectivity index (χ4v) is 5.44. The van der Waals surface area contributed by atoms with Gasteiger partial charge in [0.15, 0.2) is 0 Å². The summed E-state index contributed by atoms with van der Waals surface area (Å²) in [5.74, 6) is 0.374. The van der Waals surface area contributed by atoms with E-state index in [9.17, 15) is 13.2 Å². The SMILES string of the molecule is COc1ccc(C(C)NC(=O)CN(CCc2ccccc2)S(=O)(=O)c2cc(C)ccc2C)cc1. The molecule has 0 radical (unpaired) electrons. The van der Waals surface area contributed by atoms with Crippen LogP contribution in [0.5, 0.6) is 5.75 Å². The Bertz CT molecular complexity index is 1210. The molecule has 0 aromatic heterocycles. The predicted molar refractivity (Wildman–Crippen MR) is 134 cm³/mol. The molecule has 1 N–H and O–H groups in total. The number of benzene rings is 3. The smallest absolute Gasteiger partial charge is 0.243 e. The topological polar surface area (TPSA) is 75.7 Å². The van der Waals surface area contributed by atoms with Crippen molar-refractivity contribution in [1.29, 1.82) is 0 Å². The fraction of sp³-hybridized carbons (Fsp3) is 0.296. The second kappa shape index (κ2) is 11.3. The van der Waals surface area contributed by atoms with E-state index in [1.807, 2.05) is 74.5 Å². The molecule has 3 rings (SSSR count). The normalized spacial score (nSPS) is 12.4. The minimum atomic E-state index is -3.87. The third-order valence-corrected chi connectivity index (χ3v) is 7.75. The third kappa shape index (κ3) is 6.46. The van der Waals surface area contributed by atoms with Gasteiger partial charge in [-0.05, 0) is 67.6 Å². The Kier molecular flexibility index (Phi) is 8.47. The Morgan fingerprint density at radius 3 is 2.32 bits per heavy atom. The molecule has 0 saturated heterocycles. The van der Waals surface area contributed by atoms with Gasteiger partial charge in [0.05, 0.1) is 24.6 Å². The molecule has 0 saturated carbocycles. The van der Waals surface area contributed by atoms with Crippen LogP contribution in [0.1, 0.15) is 35.2 Å². The van der Waals surface area contributed by atoms with Crippen molar-refractivity contribution in [3.63, 3.8) is 0 Å². The number of carbonyl (C=O) groups is 1. The van der Waals surface area contributed by atoms with Gasteiger partial charge in [0, 0.05) is 6.54 Å².